The van der Waals surface area contributed by atoms with Gasteiger partial charge in [-0.2, -0.15) is 5.10 Å². The summed E-state index contributed by atoms with van der Waals surface area (Å²) in [5.74, 6) is -0.529. The number of carbonyl (C=O) groups excluding carboxylic acids is 3. The maximum atomic E-state index is 12.6. The molecule has 10 heteroatoms. The van der Waals surface area contributed by atoms with Crippen LogP contribution in [0.2, 0.25) is 0 Å². The molecule has 1 N–H and O–H groups in total. The van der Waals surface area contributed by atoms with E-state index in [1.807, 2.05) is 0 Å². The summed E-state index contributed by atoms with van der Waals surface area (Å²) in [4.78, 5) is 52.2. The van der Waals surface area contributed by atoms with Gasteiger partial charge in [0.25, 0.3) is 0 Å². The second-order valence-corrected chi connectivity index (χ2v) is 7.74. The molecule has 152 valence electrons. The minimum absolute atomic E-state index is 0.0883. The van der Waals surface area contributed by atoms with Gasteiger partial charge in [-0.15, -0.1) is 0 Å². The normalized spacial score (nSPS) is 19.7. The zero-order chi connectivity index (χ0) is 19.7. The second-order valence-electron chi connectivity index (χ2n) is 7.74. The first kappa shape index (κ1) is 18.7. The Labute approximate surface area is 162 Å². The van der Waals surface area contributed by atoms with Crippen molar-refractivity contribution >= 4 is 17.7 Å². The van der Waals surface area contributed by atoms with E-state index in [0.717, 1.165) is 44.3 Å². The van der Waals surface area contributed by atoms with E-state index >= 15 is 0 Å². The first-order valence-electron chi connectivity index (χ1n) is 10.1. The molecule has 0 radical (unpaired) electrons. The van der Waals surface area contributed by atoms with Crippen LogP contribution < -0.4 is 11.0 Å². The molecule has 3 amide bonds. The minimum atomic E-state index is -0.562. The number of aromatic nitrogens is 3. The average Bonchev–Trinajstić information content (AvgIpc) is 3.50. The van der Waals surface area contributed by atoms with Gasteiger partial charge in [0.05, 0.1) is 0 Å². The Kier molecular flexibility index (Phi) is 5.19. The van der Waals surface area contributed by atoms with Crippen molar-refractivity contribution in [3.05, 3.63) is 16.3 Å². The lowest BCUT2D eigenvalue weighted by Crippen LogP contribution is -2.54. The highest BCUT2D eigenvalue weighted by Crippen LogP contribution is 2.18. The van der Waals surface area contributed by atoms with Crippen LogP contribution in [0.25, 0.3) is 0 Å². The van der Waals surface area contributed by atoms with Gasteiger partial charge in [-0.25, -0.2) is 9.48 Å². The van der Waals surface area contributed by atoms with Gasteiger partial charge in [-0.05, 0) is 25.7 Å². The third-order valence-electron chi connectivity index (χ3n) is 5.59. The standard InChI is InChI=1S/C18H26N6O4/c25-15(12-24-18(28)23-7-3-1-2-4-14(23)20-24)21-8-10-22(11-9-21)17(27)16(26)19-13-5-6-13/h13H,1-12H2,(H,19,26). The second kappa shape index (κ2) is 7.76. The van der Waals surface area contributed by atoms with E-state index in [0.29, 0.717) is 32.7 Å². The van der Waals surface area contributed by atoms with Crippen molar-refractivity contribution in [3.63, 3.8) is 0 Å². The molecule has 1 aliphatic carbocycles. The number of rotatable bonds is 3. The highest BCUT2D eigenvalue weighted by Gasteiger charge is 2.31. The van der Waals surface area contributed by atoms with Crippen molar-refractivity contribution in [1.29, 1.82) is 0 Å². The molecular formula is C18H26N6O4. The molecule has 1 saturated carbocycles. The summed E-state index contributed by atoms with van der Waals surface area (Å²) in [6, 6.07) is 0.141. The molecule has 1 aromatic heterocycles. The topological polar surface area (TPSA) is 110 Å². The summed E-state index contributed by atoms with van der Waals surface area (Å²) in [5.41, 5.74) is -0.226. The molecular weight excluding hydrogens is 364 g/mol. The fourth-order valence-corrected chi connectivity index (χ4v) is 3.73. The number of fused-ring (bicyclic) bond motifs is 1. The van der Waals surface area contributed by atoms with E-state index in [9.17, 15) is 19.2 Å². The molecule has 1 aromatic rings. The van der Waals surface area contributed by atoms with Gasteiger partial charge in [-0.1, -0.05) is 6.42 Å². The lowest BCUT2D eigenvalue weighted by atomic mass is 10.2. The van der Waals surface area contributed by atoms with E-state index in [4.69, 9.17) is 0 Å². The predicted octanol–water partition coefficient (Wildman–Crippen LogP) is -1.28. The number of piperazine rings is 1. The molecule has 1 saturated heterocycles. The molecule has 10 nitrogen and oxygen atoms in total. The largest absolute Gasteiger partial charge is 0.346 e. The first-order valence-corrected chi connectivity index (χ1v) is 10.1. The van der Waals surface area contributed by atoms with Crippen LogP contribution in [0.3, 0.4) is 0 Å². The Morgan fingerprint density at radius 2 is 1.68 bits per heavy atom. The van der Waals surface area contributed by atoms with E-state index in [1.54, 1.807) is 9.47 Å². The summed E-state index contributed by atoms with van der Waals surface area (Å²) >= 11 is 0. The lowest BCUT2D eigenvalue weighted by molar-refractivity contribution is -0.148. The maximum absolute atomic E-state index is 12.6. The van der Waals surface area contributed by atoms with E-state index in [-0.39, 0.29) is 24.2 Å². The number of carbonyl (C=O) groups is 3. The third-order valence-corrected chi connectivity index (χ3v) is 5.59. The number of hydrogen-bond donors (Lipinski definition) is 1. The Morgan fingerprint density at radius 3 is 2.39 bits per heavy atom. The first-order chi connectivity index (χ1) is 13.5. The Bertz CT molecular complexity index is 832. The van der Waals surface area contributed by atoms with Gasteiger partial charge in [0.1, 0.15) is 12.4 Å². The smallest absolute Gasteiger partial charge is 0.345 e. The Morgan fingerprint density at radius 1 is 0.964 bits per heavy atom. The highest BCUT2D eigenvalue weighted by molar-refractivity contribution is 6.35. The highest BCUT2D eigenvalue weighted by atomic mass is 16.2. The summed E-state index contributed by atoms with van der Waals surface area (Å²) in [5, 5.41) is 7.04. The number of aryl methyl sites for hydroxylation is 1. The quantitative estimate of drug-likeness (QED) is 0.647. The van der Waals surface area contributed by atoms with Gasteiger partial charge >= 0.3 is 17.5 Å². The molecule has 3 heterocycles. The number of nitrogens with one attached hydrogen (secondary N) is 1. The van der Waals surface area contributed by atoms with Crippen LogP contribution in [-0.2, 0) is 33.9 Å². The summed E-state index contributed by atoms with van der Waals surface area (Å²) in [6.45, 7) is 1.91. The van der Waals surface area contributed by atoms with Crippen molar-refractivity contribution in [3.8, 4) is 0 Å². The molecule has 3 aliphatic rings. The van der Waals surface area contributed by atoms with Gasteiger partial charge in [0.15, 0.2) is 0 Å². The summed E-state index contributed by atoms with van der Waals surface area (Å²) < 4.78 is 2.93. The zero-order valence-electron chi connectivity index (χ0n) is 15.9. The monoisotopic (exact) mass is 390 g/mol. The van der Waals surface area contributed by atoms with Gasteiger partial charge < -0.3 is 15.1 Å². The van der Waals surface area contributed by atoms with Crippen LogP contribution in [0.4, 0.5) is 0 Å². The Hall–Kier alpha value is -2.65. The summed E-state index contributed by atoms with van der Waals surface area (Å²) in [6.07, 6.45) is 5.67. The number of hydrogen-bond acceptors (Lipinski definition) is 5. The fourth-order valence-electron chi connectivity index (χ4n) is 3.73. The SMILES string of the molecule is O=C(NC1CC1)C(=O)N1CCN(C(=O)Cn2nc3n(c2=O)CCCCC3)CC1. The molecule has 0 aromatic carbocycles. The van der Waals surface area contributed by atoms with Gasteiger partial charge in [-0.3, -0.25) is 19.0 Å². The predicted molar refractivity (Wildman–Crippen MR) is 98.4 cm³/mol. The minimum Gasteiger partial charge on any atom is -0.345 e. The molecule has 28 heavy (non-hydrogen) atoms. The fraction of sp³-hybridized carbons (Fsp3) is 0.722. The van der Waals surface area contributed by atoms with E-state index in [1.165, 1.54) is 9.58 Å². The third kappa shape index (κ3) is 3.95. The van der Waals surface area contributed by atoms with Crippen molar-refractivity contribution in [2.24, 2.45) is 0 Å². The summed E-state index contributed by atoms with van der Waals surface area (Å²) in [7, 11) is 0. The van der Waals surface area contributed by atoms with Crippen LogP contribution >= 0.6 is 0 Å². The van der Waals surface area contributed by atoms with Crippen molar-refractivity contribution in [2.75, 3.05) is 26.2 Å². The molecule has 0 spiro atoms. The van der Waals surface area contributed by atoms with Crippen molar-refractivity contribution in [1.82, 2.24) is 29.5 Å². The number of amides is 3. The Balaban J connectivity index is 1.31. The van der Waals surface area contributed by atoms with Gasteiger partial charge in [0, 0.05) is 45.2 Å². The van der Waals surface area contributed by atoms with Crippen LogP contribution in [0.15, 0.2) is 4.79 Å². The zero-order valence-corrected chi connectivity index (χ0v) is 15.9. The van der Waals surface area contributed by atoms with Crippen molar-refractivity contribution in [2.45, 2.75) is 57.7 Å². The van der Waals surface area contributed by atoms with E-state index < -0.39 is 11.8 Å². The van der Waals surface area contributed by atoms with Crippen molar-refractivity contribution < 1.29 is 14.4 Å². The number of nitrogens with zero attached hydrogens (tertiary/aromatic N) is 5. The molecule has 2 fully saturated rings. The van der Waals surface area contributed by atoms with Crippen LogP contribution in [-0.4, -0.2) is 74.1 Å². The van der Waals surface area contributed by atoms with Crippen LogP contribution in [0.1, 0.15) is 37.9 Å². The lowest BCUT2D eigenvalue weighted by Gasteiger charge is -2.34. The van der Waals surface area contributed by atoms with Gasteiger partial charge in [0.2, 0.25) is 5.91 Å². The molecule has 0 bridgehead atoms. The van der Waals surface area contributed by atoms with E-state index in [2.05, 4.69) is 10.4 Å². The molecule has 0 unspecified atom stereocenters. The van der Waals surface area contributed by atoms with Crippen LogP contribution in [0, 0.1) is 0 Å². The average molecular weight is 390 g/mol. The molecule has 4 rings (SSSR count). The van der Waals surface area contributed by atoms with Crippen LogP contribution in [0.5, 0.6) is 0 Å². The molecule has 2 aliphatic heterocycles. The molecule has 0 atom stereocenters. The maximum Gasteiger partial charge on any atom is 0.346 e.